The molecule has 9 heteroatoms. The maximum atomic E-state index is 13.5. The first-order valence-electron chi connectivity index (χ1n) is 5.38. The molecule has 0 radical (unpaired) electrons. The number of carboxylic acid groups (broad SMARTS) is 1. The molecule has 2 aromatic heterocycles. The van der Waals surface area contributed by atoms with Crippen molar-refractivity contribution in [2.45, 2.75) is 0 Å². The third-order valence-corrected chi connectivity index (χ3v) is 2.48. The van der Waals surface area contributed by atoms with Gasteiger partial charge < -0.3 is 9.84 Å². The van der Waals surface area contributed by atoms with Gasteiger partial charge in [0, 0.05) is 0 Å². The molecular formula is C11H6FN5O3. The molecule has 0 atom stereocenters. The number of carbonyl (C=O) groups is 1. The first-order valence-corrected chi connectivity index (χ1v) is 5.38. The molecule has 3 rings (SSSR count). The normalized spacial score (nSPS) is 10.7. The fourth-order valence-corrected chi connectivity index (χ4v) is 1.63. The zero-order valence-electron chi connectivity index (χ0n) is 9.76. The van der Waals surface area contributed by atoms with E-state index in [1.165, 1.54) is 29.0 Å². The van der Waals surface area contributed by atoms with Crippen molar-refractivity contribution in [3.8, 4) is 11.6 Å². The molecule has 0 saturated carbocycles. The molecule has 0 aliphatic carbocycles. The zero-order valence-corrected chi connectivity index (χ0v) is 9.76. The summed E-state index contributed by atoms with van der Waals surface area (Å²) in [5.41, 5.74) is -0.256. The molecule has 0 amide bonds. The largest absolute Gasteiger partial charge is 0.477 e. The Morgan fingerprint density at radius 1 is 1.35 bits per heavy atom. The summed E-state index contributed by atoms with van der Waals surface area (Å²) in [7, 11) is 0. The smallest absolute Gasteiger partial charge is 0.342 e. The van der Waals surface area contributed by atoms with Crippen LogP contribution >= 0.6 is 0 Å². The highest BCUT2D eigenvalue weighted by molar-refractivity contribution is 5.91. The molecule has 0 fully saturated rings. The third kappa shape index (κ3) is 1.90. The predicted molar refractivity (Wildman–Crippen MR) is 62.0 cm³/mol. The quantitative estimate of drug-likeness (QED) is 0.764. The van der Waals surface area contributed by atoms with Gasteiger partial charge in [0.25, 0.3) is 0 Å². The highest BCUT2D eigenvalue weighted by Crippen LogP contribution is 2.26. The number of benzene rings is 1. The fourth-order valence-electron chi connectivity index (χ4n) is 1.63. The van der Waals surface area contributed by atoms with Crippen molar-refractivity contribution in [1.82, 2.24) is 25.0 Å². The van der Waals surface area contributed by atoms with Gasteiger partial charge in [0.1, 0.15) is 17.1 Å². The highest BCUT2D eigenvalue weighted by Gasteiger charge is 2.18. The van der Waals surface area contributed by atoms with Crippen LogP contribution < -0.4 is 4.74 Å². The molecule has 8 nitrogen and oxygen atoms in total. The Labute approximate surface area is 110 Å². The van der Waals surface area contributed by atoms with Crippen LogP contribution in [0.15, 0.2) is 30.6 Å². The summed E-state index contributed by atoms with van der Waals surface area (Å²) in [6.07, 6.45) is 2.69. The minimum Gasteiger partial charge on any atom is -0.477 e. The first kappa shape index (κ1) is 12.0. The second kappa shape index (κ2) is 4.53. The molecule has 0 saturated heterocycles. The van der Waals surface area contributed by atoms with Gasteiger partial charge in [-0.25, -0.2) is 9.18 Å². The number of ether oxygens (including phenoxy) is 1. The summed E-state index contributed by atoms with van der Waals surface area (Å²) in [6.45, 7) is 0. The summed E-state index contributed by atoms with van der Waals surface area (Å²) < 4.78 is 20.1. The molecule has 1 N–H and O–H groups in total. The lowest BCUT2D eigenvalue weighted by atomic mass is 10.2. The Morgan fingerprint density at radius 2 is 2.20 bits per heavy atom. The molecule has 100 valence electrons. The van der Waals surface area contributed by atoms with Crippen molar-refractivity contribution < 1.29 is 19.0 Å². The molecular weight excluding hydrogens is 269 g/mol. The fraction of sp³-hybridized carbons (Fsp3) is 0. The van der Waals surface area contributed by atoms with E-state index in [0.717, 1.165) is 6.07 Å². The lowest BCUT2D eigenvalue weighted by Crippen LogP contribution is -2.05. The molecule has 3 aromatic rings. The van der Waals surface area contributed by atoms with Crippen LogP contribution in [0.1, 0.15) is 10.4 Å². The number of rotatable bonds is 3. The SMILES string of the molecule is O=C(O)c1c(F)cccc1Oc1cncc2nnnn12. The second-order valence-corrected chi connectivity index (χ2v) is 3.71. The minimum atomic E-state index is -1.44. The maximum absolute atomic E-state index is 13.5. The number of halogens is 1. The van der Waals surface area contributed by atoms with E-state index < -0.39 is 17.3 Å². The van der Waals surface area contributed by atoms with Crippen molar-refractivity contribution in [2.75, 3.05) is 0 Å². The maximum Gasteiger partial charge on any atom is 0.342 e. The van der Waals surface area contributed by atoms with Crippen LogP contribution in [0.25, 0.3) is 5.65 Å². The van der Waals surface area contributed by atoms with Crippen molar-refractivity contribution >= 4 is 11.6 Å². The zero-order chi connectivity index (χ0) is 14.1. The van der Waals surface area contributed by atoms with Gasteiger partial charge >= 0.3 is 5.97 Å². The van der Waals surface area contributed by atoms with Crippen LogP contribution in [0.2, 0.25) is 0 Å². The molecule has 2 heterocycles. The lowest BCUT2D eigenvalue weighted by Gasteiger charge is -2.09. The number of hydrogen-bond donors (Lipinski definition) is 1. The van der Waals surface area contributed by atoms with Crippen LogP contribution in [0.5, 0.6) is 11.6 Å². The summed E-state index contributed by atoms with van der Waals surface area (Å²) in [5.74, 6) is -2.43. The average Bonchev–Trinajstić information content (AvgIpc) is 2.87. The molecule has 1 aromatic carbocycles. The van der Waals surface area contributed by atoms with Crippen molar-refractivity contribution in [1.29, 1.82) is 0 Å². The summed E-state index contributed by atoms with van der Waals surface area (Å²) in [6, 6.07) is 3.70. The van der Waals surface area contributed by atoms with Gasteiger partial charge in [0.2, 0.25) is 11.5 Å². The number of nitrogens with zero attached hydrogens (tertiary/aromatic N) is 5. The van der Waals surface area contributed by atoms with Crippen LogP contribution in [0, 0.1) is 5.82 Å². The van der Waals surface area contributed by atoms with Crippen LogP contribution in [0.3, 0.4) is 0 Å². The van der Waals surface area contributed by atoms with Gasteiger partial charge in [-0.1, -0.05) is 6.07 Å². The van der Waals surface area contributed by atoms with Crippen LogP contribution in [-0.4, -0.2) is 36.1 Å². The predicted octanol–water partition coefficient (Wildman–Crippen LogP) is 1.15. The Bertz CT molecular complexity index is 804. The number of aromatic carboxylic acids is 1. The summed E-state index contributed by atoms with van der Waals surface area (Å²) in [5, 5.41) is 19.8. The summed E-state index contributed by atoms with van der Waals surface area (Å²) in [4.78, 5) is 14.9. The first-order chi connectivity index (χ1) is 9.66. The van der Waals surface area contributed by atoms with E-state index in [-0.39, 0.29) is 11.6 Å². The Hall–Kier alpha value is -3.10. The van der Waals surface area contributed by atoms with Gasteiger partial charge in [-0.05, 0) is 22.6 Å². The molecule has 0 aliphatic rings. The minimum absolute atomic E-state index is 0.0700. The van der Waals surface area contributed by atoms with Crippen LogP contribution in [-0.2, 0) is 0 Å². The van der Waals surface area contributed by atoms with E-state index in [0.29, 0.717) is 5.65 Å². The highest BCUT2D eigenvalue weighted by atomic mass is 19.1. The van der Waals surface area contributed by atoms with Gasteiger partial charge in [-0.2, -0.15) is 4.52 Å². The third-order valence-electron chi connectivity index (χ3n) is 2.48. The Kier molecular flexibility index (Phi) is 2.71. The Balaban J connectivity index is 2.10. The monoisotopic (exact) mass is 275 g/mol. The second-order valence-electron chi connectivity index (χ2n) is 3.71. The molecule has 0 aliphatic heterocycles. The van der Waals surface area contributed by atoms with Gasteiger partial charge in [0.05, 0.1) is 12.4 Å². The number of hydrogen-bond acceptors (Lipinski definition) is 6. The average molecular weight is 275 g/mol. The van der Waals surface area contributed by atoms with E-state index in [9.17, 15) is 9.18 Å². The molecule has 0 spiro atoms. The van der Waals surface area contributed by atoms with Crippen molar-refractivity contribution in [3.63, 3.8) is 0 Å². The number of aromatic nitrogens is 5. The molecule has 0 unspecified atom stereocenters. The van der Waals surface area contributed by atoms with E-state index in [2.05, 4.69) is 20.5 Å². The number of fused-ring (bicyclic) bond motifs is 1. The van der Waals surface area contributed by atoms with Gasteiger partial charge in [0.15, 0.2) is 0 Å². The van der Waals surface area contributed by atoms with E-state index in [4.69, 9.17) is 9.84 Å². The van der Waals surface area contributed by atoms with Crippen molar-refractivity contribution in [2.24, 2.45) is 0 Å². The van der Waals surface area contributed by atoms with E-state index in [1.54, 1.807) is 0 Å². The van der Waals surface area contributed by atoms with Crippen LogP contribution in [0.4, 0.5) is 4.39 Å². The van der Waals surface area contributed by atoms with E-state index >= 15 is 0 Å². The standard InChI is InChI=1S/C11H6FN5O3/c12-6-2-1-3-7(10(6)11(18)19)20-9-5-13-4-8-14-15-16-17(8)9/h1-5H,(H,18,19). The Morgan fingerprint density at radius 3 is 3.00 bits per heavy atom. The lowest BCUT2D eigenvalue weighted by molar-refractivity contribution is 0.0689. The summed E-state index contributed by atoms with van der Waals surface area (Å²) >= 11 is 0. The van der Waals surface area contributed by atoms with Gasteiger partial charge in [-0.3, -0.25) is 4.98 Å². The van der Waals surface area contributed by atoms with Crippen molar-refractivity contribution in [3.05, 3.63) is 42.0 Å². The van der Waals surface area contributed by atoms with E-state index in [1.807, 2.05) is 0 Å². The number of tetrazole rings is 1. The molecule has 0 bridgehead atoms. The topological polar surface area (TPSA) is 102 Å². The molecule has 20 heavy (non-hydrogen) atoms. The van der Waals surface area contributed by atoms with Gasteiger partial charge in [-0.15, -0.1) is 5.10 Å². The number of carboxylic acids is 1.